The van der Waals surface area contributed by atoms with Gasteiger partial charge in [0.05, 0.1) is 19.1 Å². The second-order valence-electron chi connectivity index (χ2n) is 13.3. The Hall–Kier alpha value is -3.54. The quantitative estimate of drug-likeness (QED) is 0.316. The standard InChI is InChI=1S/C35H47N7O3S/c1-35(2)31(25-11-5-3-6-12-25)45-34(39-35)41-19-20-42(33(44)28(36)13-7-10-18-40-16-8-4-9-17-40)29(24-41)32(43)38-23-27-21-26-22-37-15-14-30(26)46-27/h3,5-6,11-12,14-15,21-22,28-29,31H,4,7-10,13,16-20,23-24,36H2,1-2H3,(H,38,43)/t28-,29+,31?/m1/s1. The van der Waals surface area contributed by atoms with Crippen LogP contribution in [0.3, 0.4) is 0 Å². The van der Waals surface area contributed by atoms with Crippen LogP contribution in [0, 0.1) is 0 Å². The molecule has 6 rings (SSSR count). The summed E-state index contributed by atoms with van der Waals surface area (Å²) in [5.74, 6) is -0.370. The second kappa shape index (κ2) is 14.5. The minimum absolute atomic E-state index is 0.164. The van der Waals surface area contributed by atoms with E-state index in [-0.39, 0.29) is 24.5 Å². The van der Waals surface area contributed by atoms with Gasteiger partial charge in [-0.2, -0.15) is 0 Å². The molecule has 2 aromatic heterocycles. The summed E-state index contributed by atoms with van der Waals surface area (Å²) in [5.41, 5.74) is 7.09. The number of carbonyl (C=O) groups is 2. The number of amides is 2. The summed E-state index contributed by atoms with van der Waals surface area (Å²) in [7, 11) is 0. The zero-order valence-corrected chi connectivity index (χ0v) is 27.9. The van der Waals surface area contributed by atoms with Crippen molar-refractivity contribution in [2.75, 3.05) is 39.3 Å². The number of fused-ring (bicyclic) bond motifs is 1. The van der Waals surface area contributed by atoms with Crippen LogP contribution in [0.2, 0.25) is 0 Å². The molecular formula is C35H47N7O3S. The highest BCUT2D eigenvalue weighted by atomic mass is 32.1. The lowest BCUT2D eigenvalue weighted by Gasteiger charge is -2.41. The molecular weight excluding hydrogens is 598 g/mol. The van der Waals surface area contributed by atoms with Gasteiger partial charge in [-0.1, -0.05) is 43.2 Å². The Morgan fingerprint density at radius 2 is 1.89 bits per heavy atom. The molecule has 2 fully saturated rings. The molecule has 1 aromatic carbocycles. The van der Waals surface area contributed by atoms with Crippen LogP contribution in [-0.2, 0) is 20.9 Å². The van der Waals surface area contributed by atoms with Crippen molar-refractivity contribution in [1.82, 2.24) is 25.0 Å². The third-order valence-corrected chi connectivity index (χ3v) is 10.5. The van der Waals surface area contributed by atoms with Crippen LogP contribution in [0.5, 0.6) is 0 Å². The summed E-state index contributed by atoms with van der Waals surface area (Å²) in [6, 6.07) is 13.3. The number of carbonyl (C=O) groups excluding carboxylic acids is 2. The van der Waals surface area contributed by atoms with Gasteiger partial charge < -0.3 is 30.5 Å². The largest absolute Gasteiger partial charge is 0.454 e. The number of ether oxygens (including phenoxy) is 1. The van der Waals surface area contributed by atoms with Crippen molar-refractivity contribution >= 4 is 39.3 Å². The lowest BCUT2D eigenvalue weighted by atomic mass is 9.93. The molecule has 0 spiro atoms. The first-order chi connectivity index (χ1) is 22.3. The number of aromatic nitrogens is 1. The van der Waals surface area contributed by atoms with E-state index >= 15 is 0 Å². The molecule has 3 atom stereocenters. The monoisotopic (exact) mass is 645 g/mol. The Kier molecular flexibility index (Phi) is 10.2. The Morgan fingerprint density at radius 1 is 1.09 bits per heavy atom. The number of rotatable bonds is 10. The fraction of sp³-hybridized carbons (Fsp3) is 0.543. The van der Waals surface area contributed by atoms with Gasteiger partial charge in [0, 0.05) is 40.4 Å². The number of hydrogen-bond donors (Lipinski definition) is 2. The molecule has 46 heavy (non-hydrogen) atoms. The van der Waals surface area contributed by atoms with Crippen LogP contribution < -0.4 is 11.1 Å². The van der Waals surface area contributed by atoms with E-state index < -0.39 is 17.6 Å². The molecule has 2 amide bonds. The first-order valence-electron chi connectivity index (χ1n) is 16.7. The van der Waals surface area contributed by atoms with Crippen LogP contribution in [0.15, 0.2) is 59.9 Å². The maximum absolute atomic E-state index is 13.9. The van der Waals surface area contributed by atoms with Gasteiger partial charge in [0.1, 0.15) is 11.6 Å². The van der Waals surface area contributed by atoms with Crippen LogP contribution in [0.25, 0.3) is 10.1 Å². The fourth-order valence-electron chi connectivity index (χ4n) is 6.81. The summed E-state index contributed by atoms with van der Waals surface area (Å²) in [5, 5.41) is 4.16. The second-order valence-corrected chi connectivity index (χ2v) is 14.5. The van der Waals surface area contributed by atoms with Crippen LogP contribution in [-0.4, -0.2) is 94.4 Å². The predicted octanol–water partition coefficient (Wildman–Crippen LogP) is 4.31. The van der Waals surface area contributed by atoms with E-state index in [0.29, 0.717) is 32.1 Å². The molecule has 0 saturated carbocycles. The lowest BCUT2D eigenvalue weighted by molar-refractivity contribution is -0.144. The Labute approximate surface area is 276 Å². The molecule has 5 heterocycles. The van der Waals surface area contributed by atoms with Crippen molar-refractivity contribution in [2.24, 2.45) is 10.7 Å². The molecule has 3 aromatic rings. The Balaban J connectivity index is 1.12. The Morgan fingerprint density at radius 3 is 2.67 bits per heavy atom. The van der Waals surface area contributed by atoms with Gasteiger partial charge in [-0.25, -0.2) is 4.99 Å². The van der Waals surface area contributed by atoms with Gasteiger partial charge in [0.25, 0.3) is 6.02 Å². The molecule has 3 N–H and O–H groups in total. The molecule has 1 unspecified atom stereocenters. The van der Waals surface area contributed by atoms with E-state index in [2.05, 4.69) is 47.2 Å². The zero-order chi connectivity index (χ0) is 32.1. The van der Waals surface area contributed by atoms with Crippen molar-refractivity contribution < 1.29 is 14.3 Å². The number of benzene rings is 1. The van der Waals surface area contributed by atoms with E-state index in [1.807, 2.05) is 35.4 Å². The maximum atomic E-state index is 13.9. The molecule has 11 heteroatoms. The van der Waals surface area contributed by atoms with E-state index in [0.717, 1.165) is 39.9 Å². The predicted molar refractivity (Wildman–Crippen MR) is 182 cm³/mol. The van der Waals surface area contributed by atoms with Crippen LogP contribution in [0.4, 0.5) is 0 Å². The maximum Gasteiger partial charge on any atom is 0.288 e. The van der Waals surface area contributed by atoms with Gasteiger partial charge >= 0.3 is 0 Å². The number of aliphatic imine (C=N–C) groups is 1. The highest BCUT2D eigenvalue weighted by Crippen LogP contribution is 2.38. The lowest BCUT2D eigenvalue weighted by Crippen LogP contribution is -2.63. The Bertz CT molecular complexity index is 1490. The number of amidine groups is 1. The van der Waals surface area contributed by atoms with E-state index in [1.165, 1.54) is 32.4 Å². The summed E-state index contributed by atoms with van der Waals surface area (Å²) in [4.78, 5) is 44.1. The van der Waals surface area contributed by atoms with E-state index in [4.69, 9.17) is 15.5 Å². The molecule has 0 bridgehead atoms. The van der Waals surface area contributed by atoms with Gasteiger partial charge in [-0.15, -0.1) is 11.3 Å². The van der Waals surface area contributed by atoms with Gasteiger partial charge in [0.2, 0.25) is 11.8 Å². The van der Waals surface area contributed by atoms with Crippen LogP contribution in [0.1, 0.15) is 68.9 Å². The number of thiophene rings is 1. The van der Waals surface area contributed by atoms with Crippen molar-refractivity contribution in [3.8, 4) is 0 Å². The highest BCUT2D eigenvalue weighted by molar-refractivity contribution is 7.19. The van der Waals surface area contributed by atoms with Crippen molar-refractivity contribution in [3.05, 3.63) is 65.3 Å². The summed E-state index contributed by atoms with van der Waals surface area (Å²) in [6.45, 7) is 9.06. The van der Waals surface area contributed by atoms with Crippen molar-refractivity contribution in [3.63, 3.8) is 0 Å². The molecule has 246 valence electrons. The van der Waals surface area contributed by atoms with Crippen molar-refractivity contribution in [2.45, 2.75) is 82.6 Å². The number of piperidine rings is 1. The van der Waals surface area contributed by atoms with Gasteiger partial charge in [0.15, 0.2) is 6.10 Å². The van der Waals surface area contributed by atoms with E-state index in [1.54, 1.807) is 22.4 Å². The molecule has 10 nitrogen and oxygen atoms in total. The molecule has 0 aliphatic carbocycles. The topological polar surface area (TPSA) is 116 Å². The van der Waals surface area contributed by atoms with E-state index in [9.17, 15) is 9.59 Å². The minimum Gasteiger partial charge on any atom is -0.454 e. The average molecular weight is 646 g/mol. The first kappa shape index (κ1) is 32.4. The highest BCUT2D eigenvalue weighted by Gasteiger charge is 2.44. The van der Waals surface area contributed by atoms with Gasteiger partial charge in [-0.3, -0.25) is 14.6 Å². The summed E-state index contributed by atoms with van der Waals surface area (Å²) in [6.07, 6.45) is 9.76. The number of nitrogens with two attached hydrogens (primary N) is 1. The number of piperazine rings is 1. The third kappa shape index (κ3) is 7.53. The number of nitrogens with zero attached hydrogens (tertiary/aromatic N) is 5. The van der Waals surface area contributed by atoms with Crippen molar-refractivity contribution in [1.29, 1.82) is 0 Å². The number of hydrogen-bond acceptors (Lipinski definition) is 9. The summed E-state index contributed by atoms with van der Waals surface area (Å²) >= 11 is 1.63. The molecule has 0 radical (unpaired) electrons. The summed E-state index contributed by atoms with van der Waals surface area (Å²) < 4.78 is 7.58. The zero-order valence-electron chi connectivity index (χ0n) is 27.1. The van der Waals surface area contributed by atoms with Gasteiger partial charge in [-0.05, 0) is 76.9 Å². The molecule has 3 aliphatic rings. The number of likely N-dealkylation sites (tertiary alicyclic amines) is 1. The minimum atomic E-state index is -0.720. The first-order valence-corrected chi connectivity index (χ1v) is 17.5. The van der Waals surface area contributed by atoms with Crippen LogP contribution >= 0.6 is 11.3 Å². The molecule has 3 aliphatic heterocycles. The normalized spacial score (nSPS) is 22.4. The number of pyridine rings is 1. The number of nitrogens with one attached hydrogen (secondary N) is 1. The third-order valence-electron chi connectivity index (χ3n) is 9.40. The number of unbranched alkanes of at least 4 members (excludes halogenated alkanes) is 1. The fourth-order valence-corrected chi connectivity index (χ4v) is 7.78. The molecule has 2 saturated heterocycles. The SMILES string of the molecule is CC1(C)N=C(N2CCN(C(=O)[C@H](N)CCCCN3CCCCC3)[C@H](C(=O)NCc3cc4cnccc4s3)C2)OC1c1ccccc1. The average Bonchev–Trinajstić information content (AvgIpc) is 3.65. The smallest absolute Gasteiger partial charge is 0.288 e.